The number of rotatable bonds is 3. The Bertz CT molecular complexity index is 783. The smallest absolute Gasteiger partial charge is 0.222 e. The fraction of sp³-hybridized carbons (Fsp3) is 0.647. The SMILES string of the molecule is Cn1nc(Br)c2c(N3CCC(CN4CCCCC4=O)CC3)ncnc21. The van der Waals surface area contributed by atoms with Crippen LogP contribution >= 0.6 is 15.9 Å². The Kier molecular flexibility index (Phi) is 4.62. The summed E-state index contributed by atoms with van der Waals surface area (Å²) in [6, 6.07) is 0. The van der Waals surface area contributed by atoms with E-state index < -0.39 is 0 Å². The van der Waals surface area contributed by atoms with Gasteiger partial charge in [-0.3, -0.25) is 4.79 Å². The van der Waals surface area contributed by atoms with Crippen LogP contribution < -0.4 is 4.90 Å². The van der Waals surface area contributed by atoms with E-state index in [1.165, 1.54) is 0 Å². The fourth-order valence-electron chi connectivity index (χ4n) is 3.96. The van der Waals surface area contributed by atoms with Crippen LogP contribution in [0.1, 0.15) is 32.1 Å². The predicted octanol–water partition coefficient (Wildman–Crippen LogP) is 2.35. The van der Waals surface area contributed by atoms with Gasteiger partial charge >= 0.3 is 0 Å². The van der Waals surface area contributed by atoms with Gasteiger partial charge in [0.25, 0.3) is 0 Å². The summed E-state index contributed by atoms with van der Waals surface area (Å²) in [5.74, 6) is 1.89. The molecule has 0 unspecified atom stereocenters. The van der Waals surface area contributed by atoms with Gasteiger partial charge in [-0.15, -0.1) is 0 Å². The summed E-state index contributed by atoms with van der Waals surface area (Å²) in [4.78, 5) is 25.3. The zero-order valence-electron chi connectivity index (χ0n) is 14.5. The molecule has 1 amide bonds. The molecular weight excluding hydrogens is 384 g/mol. The van der Waals surface area contributed by atoms with Gasteiger partial charge in [-0.2, -0.15) is 5.10 Å². The van der Waals surface area contributed by atoms with Crippen molar-refractivity contribution in [3.8, 4) is 0 Å². The minimum Gasteiger partial charge on any atom is -0.356 e. The van der Waals surface area contributed by atoms with Crippen LogP contribution in [0.5, 0.6) is 0 Å². The molecule has 0 atom stereocenters. The molecule has 2 aromatic rings. The zero-order chi connectivity index (χ0) is 17.4. The second-order valence-electron chi connectivity index (χ2n) is 7.04. The number of anilines is 1. The van der Waals surface area contributed by atoms with Crippen LogP contribution in [0.25, 0.3) is 11.0 Å². The highest BCUT2D eigenvalue weighted by atomic mass is 79.9. The molecule has 0 radical (unpaired) electrons. The third-order valence-corrected chi connectivity index (χ3v) is 5.93. The van der Waals surface area contributed by atoms with Crippen molar-refractivity contribution in [1.29, 1.82) is 0 Å². The van der Waals surface area contributed by atoms with Crippen molar-refractivity contribution >= 4 is 38.7 Å². The van der Waals surface area contributed by atoms with E-state index in [0.29, 0.717) is 11.8 Å². The fourth-order valence-corrected chi connectivity index (χ4v) is 4.55. The molecule has 0 aliphatic carbocycles. The number of amides is 1. The van der Waals surface area contributed by atoms with Crippen molar-refractivity contribution < 1.29 is 4.79 Å². The Hall–Kier alpha value is -1.70. The van der Waals surface area contributed by atoms with Gasteiger partial charge in [0.05, 0.1) is 5.39 Å². The number of aryl methyl sites for hydroxylation is 1. The first-order chi connectivity index (χ1) is 12.1. The number of nitrogens with zero attached hydrogens (tertiary/aromatic N) is 6. The van der Waals surface area contributed by atoms with Crippen molar-refractivity contribution in [3.63, 3.8) is 0 Å². The molecule has 0 N–H and O–H groups in total. The van der Waals surface area contributed by atoms with Crippen LogP contribution in [-0.2, 0) is 11.8 Å². The molecule has 134 valence electrons. The number of hydrogen-bond acceptors (Lipinski definition) is 5. The van der Waals surface area contributed by atoms with Crippen molar-refractivity contribution in [2.75, 3.05) is 31.1 Å². The van der Waals surface area contributed by atoms with Gasteiger partial charge in [-0.25, -0.2) is 14.6 Å². The van der Waals surface area contributed by atoms with E-state index in [1.54, 1.807) is 11.0 Å². The Labute approximate surface area is 155 Å². The second kappa shape index (κ2) is 6.90. The molecule has 7 nitrogen and oxygen atoms in total. The lowest BCUT2D eigenvalue weighted by atomic mass is 9.95. The van der Waals surface area contributed by atoms with Gasteiger partial charge in [0.2, 0.25) is 5.91 Å². The van der Waals surface area contributed by atoms with Crippen molar-refractivity contribution in [2.24, 2.45) is 13.0 Å². The average Bonchev–Trinajstić information content (AvgIpc) is 2.92. The minimum absolute atomic E-state index is 0.338. The first kappa shape index (κ1) is 16.8. The third kappa shape index (κ3) is 3.23. The van der Waals surface area contributed by atoms with Crippen LogP contribution in [0.4, 0.5) is 5.82 Å². The summed E-state index contributed by atoms with van der Waals surface area (Å²) in [6.45, 7) is 3.77. The van der Waals surface area contributed by atoms with Crippen LogP contribution in [0.15, 0.2) is 10.9 Å². The molecule has 2 aromatic heterocycles. The minimum atomic E-state index is 0.338. The van der Waals surface area contributed by atoms with Crippen LogP contribution in [0.3, 0.4) is 0 Å². The molecule has 8 heteroatoms. The van der Waals surface area contributed by atoms with Crippen molar-refractivity contribution in [3.05, 3.63) is 10.9 Å². The zero-order valence-corrected chi connectivity index (χ0v) is 16.1. The van der Waals surface area contributed by atoms with Crippen molar-refractivity contribution in [1.82, 2.24) is 24.6 Å². The molecular formula is C17H23BrN6O. The quantitative estimate of drug-likeness (QED) is 0.782. The number of halogens is 1. The molecule has 0 saturated carbocycles. The maximum Gasteiger partial charge on any atom is 0.222 e. The predicted molar refractivity (Wildman–Crippen MR) is 99.4 cm³/mol. The van der Waals surface area contributed by atoms with E-state index in [1.807, 2.05) is 7.05 Å². The average molecular weight is 407 g/mol. The first-order valence-corrected chi connectivity index (χ1v) is 9.78. The normalized spacial score (nSPS) is 19.8. The molecule has 4 rings (SSSR count). The summed E-state index contributed by atoms with van der Waals surface area (Å²) in [7, 11) is 1.89. The first-order valence-electron chi connectivity index (χ1n) is 8.99. The van der Waals surface area contributed by atoms with Gasteiger partial charge in [-0.1, -0.05) is 0 Å². The standard InChI is InChI=1S/C17H23BrN6O/c1-22-16-14(15(18)21-22)17(20-11-19-16)23-8-5-12(6-9-23)10-24-7-3-2-4-13(24)25/h11-12H,2-10H2,1H3. The van der Waals surface area contributed by atoms with E-state index in [2.05, 4.69) is 40.8 Å². The molecule has 0 aromatic carbocycles. The molecule has 4 heterocycles. The second-order valence-corrected chi connectivity index (χ2v) is 7.79. The lowest BCUT2D eigenvalue weighted by molar-refractivity contribution is -0.134. The maximum absolute atomic E-state index is 12.0. The van der Waals surface area contributed by atoms with E-state index >= 15 is 0 Å². The summed E-state index contributed by atoms with van der Waals surface area (Å²) in [5, 5.41) is 5.39. The topological polar surface area (TPSA) is 67.2 Å². The molecule has 0 bridgehead atoms. The molecule has 0 spiro atoms. The number of aromatic nitrogens is 4. The van der Waals surface area contributed by atoms with E-state index in [9.17, 15) is 4.79 Å². The highest BCUT2D eigenvalue weighted by Gasteiger charge is 2.27. The lowest BCUT2D eigenvalue weighted by Crippen LogP contribution is -2.43. The molecule has 2 aliphatic heterocycles. The Morgan fingerprint density at radius 2 is 2.00 bits per heavy atom. The Morgan fingerprint density at radius 3 is 2.76 bits per heavy atom. The van der Waals surface area contributed by atoms with E-state index in [0.717, 1.165) is 79.7 Å². The maximum atomic E-state index is 12.0. The molecule has 2 saturated heterocycles. The summed E-state index contributed by atoms with van der Waals surface area (Å²) >= 11 is 3.54. The van der Waals surface area contributed by atoms with E-state index in [4.69, 9.17) is 0 Å². The van der Waals surface area contributed by atoms with Gasteiger partial charge in [0, 0.05) is 39.6 Å². The number of fused-ring (bicyclic) bond motifs is 1. The summed E-state index contributed by atoms with van der Waals surface area (Å²) < 4.78 is 2.57. The van der Waals surface area contributed by atoms with Crippen LogP contribution in [0, 0.1) is 5.92 Å². The van der Waals surface area contributed by atoms with E-state index in [-0.39, 0.29) is 0 Å². The highest BCUT2D eigenvalue weighted by Crippen LogP contribution is 2.32. The largest absolute Gasteiger partial charge is 0.356 e. The number of carbonyl (C=O) groups excluding carboxylic acids is 1. The number of hydrogen-bond donors (Lipinski definition) is 0. The highest BCUT2D eigenvalue weighted by molar-refractivity contribution is 9.10. The summed E-state index contributed by atoms with van der Waals surface area (Å²) in [6.07, 6.45) is 6.73. The van der Waals surface area contributed by atoms with Gasteiger partial charge in [0.15, 0.2) is 5.65 Å². The van der Waals surface area contributed by atoms with Crippen LogP contribution in [0.2, 0.25) is 0 Å². The van der Waals surface area contributed by atoms with Crippen LogP contribution in [-0.4, -0.2) is 56.7 Å². The number of likely N-dealkylation sites (tertiary alicyclic amines) is 1. The van der Waals surface area contributed by atoms with Gasteiger partial charge in [-0.05, 0) is 47.5 Å². The number of piperidine rings is 2. The number of carbonyl (C=O) groups is 1. The summed E-state index contributed by atoms with van der Waals surface area (Å²) in [5.41, 5.74) is 0.845. The lowest BCUT2D eigenvalue weighted by Gasteiger charge is -2.36. The van der Waals surface area contributed by atoms with Gasteiger partial charge < -0.3 is 9.80 Å². The Morgan fingerprint density at radius 1 is 1.20 bits per heavy atom. The molecule has 2 aliphatic rings. The molecule has 2 fully saturated rings. The Balaban J connectivity index is 1.45. The third-order valence-electron chi connectivity index (χ3n) is 5.37. The molecule has 25 heavy (non-hydrogen) atoms. The van der Waals surface area contributed by atoms with Crippen molar-refractivity contribution in [2.45, 2.75) is 32.1 Å². The van der Waals surface area contributed by atoms with Gasteiger partial charge in [0.1, 0.15) is 16.7 Å². The monoisotopic (exact) mass is 406 g/mol.